The van der Waals surface area contributed by atoms with E-state index >= 15 is 0 Å². The zero-order valence-electron chi connectivity index (χ0n) is 11.2. The Labute approximate surface area is 151 Å². The number of benzene rings is 2. The Bertz CT molecular complexity index is 760. The molecule has 0 aromatic heterocycles. The van der Waals surface area contributed by atoms with E-state index in [0.717, 1.165) is 0 Å². The van der Waals surface area contributed by atoms with Gasteiger partial charge in [-0.05, 0) is 97.3 Å². The second kappa shape index (κ2) is 5.39. The molecule has 0 heterocycles. The summed E-state index contributed by atoms with van der Waals surface area (Å²) in [6.07, 6.45) is 11.1. The Hall–Kier alpha value is -0.880. The van der Waals surface area contributed by atoms with E-state index in [2.05, 4.69) is 112 Å². The fourth-order valence-corrected chi connectivity index (χ4v) is 4.01. The summed E-state index contributed by atoms with van der Waals surface area (Å²) in [5, 5.41) is 0. The molecule has 2 aromatic rings. The molecule has 2 aromatic carbocycles. The van der Waals surface area contributed by atoms with Crippen LogP contribution in [0.4, 0.5) is 0 Å². The molecule has 0 nitrogen and oxygen atoms in total. The van der Waals surface area contributed by atoms with E-state index in [0.29, 0.717) is 5.92 Å². The summed E-state index contributed by atoms with van der Waals surface area (Å²) in [7, 11) is 0. The first-order valence-electron chi connectivity index (χ1n) is 6.89. The van der Waals surface area contributed by atoms with Gasteiger partial charge in [0.2, 0.25) is 0 Å². The molecule has 4 rings (SSSR count). The van der Waals surface area contributed by atoms with Gasteiger partial charge in [-0.15, -0.1) is 0 Å². The monoisotopic (exact) mass is 494 g/mol. The molecule has 0 N–H and O–H groups in total. The maximum Gasteiger partial charge on any atom is 0.0143 e. The third-order valence-electron chi connectivity index (χ3n) is 3.97. The van der Waals surface area contributed by atoms with E-state index in [1.165, 1.54) is 35.0 Å². The van der Waals surface area contributed by atoms with Crippen molar-refractivity contribution in [2.24, 2.45) is 5.92 Å². The van der Waals surface area contributed by atoms with Gasteiger partial charge in [-0.2, -0.15) is 0 Å². The Balaban J connectivity index is 1.97. The van der Waals surface area contributed by atoms with Crippen molar-refractivity contribution in [3.05, 3.63) is 85.0 Å². The number of fused-ring (bicyclic) bond motifs is 3. The maximum atomic E-state index is 2.40. The summed E-state index contributed by atoms with van der Waals surface area (Å²) in [6, 6.07) is 13.5. The first kappa shape index (κ1) is 13.8. The molecule has 0 radical (unpaired) electrons. The Morgan fingerprint density at radius 1 is 0.714 bits per heavy atom. The SMILES string of the molecule is Ic1ccc2c(c1)C(=CC1C=CC=C1)c1cc(I)ccc1-2. The van der Waals surface area contributed by atoms with Crippen LogP contribution in [0.1, 0.15) is 11.1 Å². The second-order valence-electron chi connectivity index (χ2n) is 5.31. The quantitative estimate of drug-likeness (QED) is 0.362. The van der Waals surface area contributed by atoms with E-state index in [1.807, 2.05) is 0 Å². The predicted octanol–water partition coefficient (Wildman–Crippen LogP) is 6.05. The fourth-order valence-electron chi connectivity index (χ4n) is 3.03. The van der Waals surface area contributed by atoms with Gasteiger partial charge < -0.3 is 0 Å². The highest BCUT2D eigenvalue weighted by Crippen LogP contribution is 2.45. The third kappa shape index (κ3) is 2.42. The van der Waals surface area contributed by atoms with Crippen molar-refractivity contribution in [3.63, 3.8) is 0 Å². The lowest BCUT2D eigenvalue weighted by atomic mass is 9.99. The van der Waals surface area contributed by atoms with Crippen LogP contribution in [0.15, 0.2) is 66.8 Å². The van der Waals surface area contributed by atoms with Gasteiger partial charge >= 0.3 is 0 Å². The lowest BCUT2D eigenvalue weighted by molar-refractivity contribution is 1.10. The number of hydrogen-bond acceptors (Lipinski definition) is 0. The first-order valence-corrected chi connectivity index (χ1v) is 9.05. The molecular weight excluding hydrogens is 482 g/mol. The van der Waals surface area contributed by atoms with Crippen LogP contribution in [-0.4, -0.2) is 0 Å². The molecule has 0 aliphatic heterocycles. The lowest BCUT2D eigenvalue weighted by Gasteiger charge is -2.06. The van der Waals surface area contributed by atoms with Gasteiger partial charge in [-0.1, -0.05) is 42.5 Å². The molecule has 0 bridgehead atoms. The molecule has 0 unspecified atom stereocenters. The highest BCUT2D eigenvalue weighted by molar-refractivity contribution is 14.1. The van der Waals surface area contributed by atoms with Gasteiger partial charge in [0.05, 0.1) is 0 Å². The molecule has 0 amide bonds. The molecule has 2 aliphatic rings. The van der Waals surface area contributed by atoms with E-state index in [1.54, 1.807) is 0 Å². The van der Waals surface area contributed by atoms with Gasteiger partial charge in [0.15, 0.2) is 0 Å². The number of hydrogen-bond donors (Lipinski definition) is 0. The van der Waals surface area contributed by atoms with E-state index < -0.39 is 0 Å². The molecule has 2 aliphatic carbocycles. The third-order valence-corrected chi connectivity index (χ3v) is 5.31. The predicted molar refractivity (Wildman–Crippen MR) is 106 cm³/mol. The Kier molecular flexibility index (Phi) is 3.53. The summed E-state index contributed by atoms with van der Waals surface area (Å²) in [5.74, 6) is 0.412. The maximum absolute atomic E-state index is 2.40. The van der Waals surface area contributed by atoms with E-state index in [9.17, 15) is 0 Å². The Morgan fingerprint density at radius 3 is 1.76 bits per heavy atom. The van der Waals surface area contributed by atoms with Crippen molar-refractivity contribution in [2.45, 2.75) is 0 Å². The van der Waals surface area contributed by atoms with Crippen LogP contribution in [0, 0.1) is 13.1 Å². The number of allylic oxidation sites excluding steroid dienone is 5. The van der Waals surface area contributed by atoms with Gasteiger partial charge in [-0.25, -0.2) is 0 Å². The first-order chi connectivity index (χ1) is 10.2. The summed E-state index contributed by atoms with van der Waals surface area (Å²) in [5.41, 5.74) is 6.83. The summed E-state index contributed by atoms with van der Waals surface area (Å²) < 4.78 is 2.58. The van der Waals surface area contributed by atoms with Crippen LogP contribution < -0.4 is 0 Å². The highest BCUT2D eigenvalue weighted by atomic mass is 127. The van der Waals surface area contributed by atoms with Crippen molar-refractivity contribution >= 4 is 50.8 Å². The topological polar surface area (TPSA) is 0 Å². The zero-order chi connectivity index (χ0) is 14.4. The van der Waals surface area contributed by atoms with Crippen LogP contribution in [0.25, 0.3) is 16.7 Å². The smallest absolute Gasteiger partial charge is 0.0143 e. The molecule has 21 heavy (non-hydrogen) atoms. The largest absolute Gasteiger partial charge is 0.0738 e. The van der Waals surface area contributed by atoms with Gasteiger partial charge in [-0.3, -0.25) is 0 Å². The molecule has 0 fully saturated rings. The zero-order valence-corrected chi connectivity index (χ0v) is 15.5. The van der Waals surface area contributed by atoms with Gasteiger partial charge in [0, 0.05) is 13.1 Å². The molecular formula is C19H12I2. The van der Waals surface area contributed by atoms with Crippen LogP contribution in [0.5, 0.6) is 0 Å². The van der Waals surface area contributed by atoms with Crippen molar-refractivity contribution in [1.82, 2.24) is 0 Å². The number of halogens is 2. The molecule has 0 atom stereocenters. The van der Waals surface area contributed by atoms with E-state index in [-0.39, 0.29) is 0 Å². The van der Waals surface area contributed by atoms with Crippen molar-refractivity contribution in [2.75, 3.05) is 0 Å². The van der Waals surface area contributed by atoms with Gasteiger partial charge in [0.1, 0.15) is 0 Å². The van der Waals surface area contributed by atoms with Crippen LogP contribution >= 0.6 is 45.2 Å². The lowest BCUT2D eigenvalue weighted by Crippen LogP contribution is -1.89. The minimum atomic E-state index is 0.412. The molecule has 102 valence electrons. The highest BCUT2D eigenvalue weighted by Gasteiger charge is 2.24. The van der Waals surface area contributed by atoms with Crippen molar-refractivity contribution in [3.8, 4) is 11.1 Å². The minimum Gasteiger partial charge on any atom is -0.0738 e. The second-order valence-corrected chi connectivity index (χ2v) is 7.80. The fraction of sp³-hybridized carbons (Fsp3) is 0.0526. The van der Waals surface area contributed by atoms with Crippen LogP contribution in [0.2, 0.25) is 0 Å². The van der Waals surface area contributed by atoms with Gasteiger partial charge in [0.25, 0.3) is 0 Å². The minimum absolute atomic E-state index is 0.412. The van der Waals surface area contributed by atoms with Crippen LogP contribution in [-0.2, 0) is 0 Å². The average Bonchev–Trinajstić information content (AvgIpc) is 3.07. The molecule has 0 saturated heterocycles. The Morgan fingerprint density at radius 2 is 1.24 bits per heavy atom. The molecule has 0 spiro atoms. The molecule has 0 saturated carbocycles. The van der Waals surface area contributed by atoms with E-state index in [4.69, 9.17) is 0 Å². The average molecular weight is 494 g/mol. The number of rotatable bonds is 1. The normalized spacial score (nSPS) is 15.4. The van der Waals surface area contributed by atoms with Crippen LogP contribution in [0.3, 0.4) is 0 Å². The summed E-state index contributed by atoms with van der Waals surface area (Å²) >= 11 is 4.79. The molecule has 2 heteroatoms. The summed E-state index contributed by atoms with van der Waals surface area (Å²) in [6.45, 7) is 0. The van der Waals surface area contributed by atoms with Crippen molar-refractivity contribution in [1.29, 1.82) is 0 Å². The standard InChI is InChI=1S/C19H12I2/c20-13-5-7-15-16-8-6-14(21)11-19(16)17(18(15)10-13)9-12-3-1-2-4-12/h1-12H. The van der Waals surface area contributed by atoms with Crippen molar-refractivity contribution < 1.29 is 0 Å². The summed E-state index contributed by atoms with van der Waals surface area (Å²) in [4.78, 5) is 0.